The van der Waals surface area contributed by atoms with E-state index in [9.17, 15) is 27.5 Å². The van der Waals surface area contributed by atoms with Gasteiger partial charge in [0.2, 0.25) is 15.4 Å². The van der Waals surface area contributed by atoms with Crippen molar-refractivity contribution in [3.8, 4) is 81.7 Å². The number of phenols is 1. The van der Waals surface area contributed by atoms with Crippen LogP contribution in [0.1, 0.15) is 132 Å². The van der Waals surface area contributed by atoms with E-state index in [1.807, 2.05) is 33.0 Å². The van der Waals surface area contributed by atoms with Gasteiger partial charge in [0.25, 0.3) is 5.56 Å². The Balaban J connectivity index is 0.000000163. The molecule has 12 rings (SSSR count). The number of aromatic hydroxyl groups is 1. The van der Waals surface area contributed by atoms with Crippen LogP contribution in [0, 0.1) is 31.3 Å². The number of phenolic OH excluding ortho intramolecular Hbond substituents is 1. The summed E-state index contributed by atoms with van der Waals surface area (Å²) in [7, 11) is 9.02. The van der Waals surface area contributed by atoms with E-state index in [1.54, 1.807) is 50.6 Å². The molecular weight excluding hydrogens is 1370 g/mol. The lowest BCUT2D eigenvalue weighted by Crippen LogP contribution is -2.61. The quantitative estimate of drug-likeness (QED) is 0.0638. The number of H-pyrrole nitrogens is 1. The standard InChI is InChI=1S/C25H30F3N5O3S.C23H29F2N5S2.C22H29FN6OS/c1-23(2)12-16(13-24(3,4)31-23)33(6)22-30-29-21(37-22)20-17(34)9-15(10-18(20)36-25(26,27)28)14-7-8-32(5)19(35)11-14;1-12-19(31-13(2)26-12)15-8-9-16(18(25)17(15)24)20-27-28-21(32-20)30(7)14-10-22(3,4)29-23(5,6)11-14;1-21(2)9-15(10-22(3,4)28-21)29(5)20-27-26-19(31-20)18-16(23)7-13(8-17(18)30-6)14-11-24-25-12-14/h7-11,16,31,34H,12-13H2,1-6H3;8-9,14,29H,10-11H2,1-7H3;7-8,11-12,15,28H,9-10H2,1-6H3,(H,24,25). The molecular formula is C70H88F6N16O4S4. The lowest BCUT2D eigenvalue weighted by atomic mass is 9.79. The average Bonchev–Trinajstić information content (AvgIpc) is 1.57. The molecule has 9 heterocycles. The van der Waals surface area contributed by atoms with Crippen molar-refractivity contribution >= 4 is 60.7 Å². The van der Waals surface area contributed by atoms with Gasteiger partial charge < -0.3 is 49.8 Å². The highest BCUT2D eigenvalue weighted by atomic mass is 32.1. The summed E-state index contributed by atoms with van der Waals surface area (Å²) in [4.78, 5) is 23.3. The Morgan fingerprint density at radius 1 is 0.570 bits per heavy atom. The number of hydrogen-bond acceptors (Lipinski definition) is 22. The molecule has 100 heavy (non-hydrogen) atoms. The molecule has 0 spiro atoms. The maximum Gasteiger partial charge on any atom is 0.573 e. The number of methoxy groups -OCH3 is 1. The molecule has 3 fully saturated rings. The largest absolute Gasteiger partial charge is 0.573 e. The Morgan fingerprint density at radius 2 is 1.01 bits per heavy atom. The van der Waals surface area contributed by atoms with Gasteiger partial charge in [-0.3, -0.25) is 9.89 Å². The molecule has 3 aromatic carbocycles. The number of hydrogen-bond donors (Lipinski definition) is 5. The number of piperidine rings is 3. The molecule has 30 heteroatoms. The molecule has 0 radical (unpaired) electrons. The zero-order valence-corrected chi connectivity index (χ0v) is 63.0. The minimum Gasteiger partial charge on any atom is -0.507 e. The minimum absolute atomic E-state index is 0.00754. The number of halogens is 6. The summed E-state index contributed by atoms with van der Waals surface area (Å²) in [5.41, 5.74) is 2.64. The van der Waals surface area contributed by atoms with E-state index in [0.29, 0.717) is 59.3 Å². The minimum atomic E-state index is -5.01. The molecule has 538 valence electrons. The molecule has 6 aromatic heterocycles. The van der Waals surface area contributed by atoms with E-state index >= 15 is 8.78 Å². The predicted molar refractivity (Wildman–Crippen MR) is 388 cm³/mol. The second kappa shape index (κ2) is 28.3. The van der Waals surface area contributed by atoms with Gasteiger partial charge >= 0.3 is 6.36 Å². The number of alkyl halides is 3. The molecule has 0 atom stereocenters. The fourth-order valence-corrected chi connectivity index (χ4v) is 18.3. The highest BCUT2D eigenvalue weighted by Crippen LogP contribution is 2.48. The van der Waals surface area contributed by atoms with E-state index in [1.165, 1.54) is 70.1 Å². The Labute approximate surface area is 595 Å². The second-order valence-electron chi connectivity index (χ2n) is 30.1. The van der Waals surface area contributed by atoms with Crippen molar-refractivity contribution in [3.05, 3.63) is 106 Å². The highest BCUT2D eigenvalue weighted by molar-refractivity contribution is 7.19. The monoisotopic (exact) mass is 1460 g/mol. The maximum absolute atomic E-state index is 15.1. The predicted octanol–water partition coefficient (Wildman–Crippen LogP) is 15.4. The number of rotatable bonds is 14. The average molecular weight is 1460 g/mol. The molecule has 3 saturated heterocycles. The molecule has 3 aliphatic rings. The van der Waals surface area contributed by atoms with Crippen LogP contribution in [-0.2, 0) is 7.05 Å². The van der Waals surface area contributed by atoms with Gasteiger partial charge in [-0.2, -0.15) is 5.10 Å². The zero-order chi connectivity index (χ0) is 73.1. The molecule has 0 unspecified atom stereocenters. The van der Waals surface area contributed by atoms with Crippen LogP contribution in [-0.4, -0.2) is 141 Å². The SMILES string of the molecule is CN(c1nnc(-c2c(O)cc(-c3ccn(C)c(=O)c3)cc2OC(F)(F)F)s1)C1CC(C)(C)NC(C)(C)C1.COc1cc(-c2cn[nH]c2)cc(F)c1-c1nnc(N(C)C2CC(C)(C)NC(C)(C)C2)s1.Cc1nc(C)c(-c2ccc(-c3nnc(N(C)C4CC(C)(C)NC(C)(C)C4)s3)c(F)c2F)s1. The van der Waals surface area contributed by atoms with Gasteiger partial charge in [-0.05, 0) is 195 Å². The van der Waals surface area contributed by atoms with E-state index in [2.05, 4.69) is 159 Å². The molecule has 0 bridgehead atoms. The van der Waals surface area contributed by atoms with Crippen molar-refractivity contribution in [1.29, 1.82) is 0 Å². The molecule has 0 aliphatic carbocycles. The van der Waals surface area contributed by atoms with Crippen LogP contribution in [0.3, 0.4) is 0 Å². The first-order chi connectivity index (χ1) is 46.5. The van der Waals surface area contributed by atoms with Gasteiger partial charge in [0, 0.05) is 109 Å². The number of anilines is 3. The van der Waals surface area contributed by atoms with Gasteiger partial charge in [0.05, 0.1) is 45.6 Å². The van der Waals surface area contributed by atoms with Gasteiger partial charge in [-0.15, -0.1) is 55.1 Å². The molecule has 20 nitrogen and oxygen atoms in total. The van der Waals surface area contributed by atoms with Crippen LogP contribution in [0.25, 0.3) is 64.4 Å². The molecule has 5 N–H and O–H groups in total. The van der Waals surface area contributed by atoms with Gasteiger partial charge in [0.15, 0.2) is 26.7 Å². The van der Waals surface area contributed by atoms with Crippen LogP contribution in [0.15, 0.2) is 71.9 Å². The van der Waals surface area contributed by atoms with Crippen LogP contribution in [0.5, 0.6) is 17.2 Å². The van der Waals surface area contributed by atoms with Crippen LogP contribution < -0.4 is 45.7 Å². The Morgan fingerprint density at radius 3 is 1.45 bits per heavy atom. The maximum atomic E-state index is 15.1. The summed E-state index contributed by atoms with van der Waals surface area (Å²) < 4.78 is 96.4. The van der Waals surface area contributed by atoms with Crippen molar-refractivity contribution in [1.82, 2.24) is 66.3 Å². The second-order valence-corrected chi connectivity index (χ2v) is 34.2. The first-order valence-electron chi connectivity index (χ1n) is 32.7. The summed E-state index contributed by atoms with van der Waals surface area (Å²) in [6.45, 7) is 29.9. The van der Waals surface area contributed by atoms with E-state index < -0.39 is 35.3 Å². The number of nitrogens with one attached hydrogen (secondary N) is 4. The van der Waals surface area contributed by atoms with Crippen LogP contribution in [0.2, 0.25) is 0 Å². The molecule has 9 aromatic rings. The topological polar surface area (TPSA) is 225 Å². The number of nitrogens with zero attached hydrogens (tertiary/aromatic N) is 12. The summed E-state index contributed by atoms with van der Waals surface area (Å²) in [6.07, 6.45) is 5.38. The third-order valence-corrected chi connectivity index (χ3v) is 22.3. The zero-order valence-electron chi connectivity index (χ0n) is 59.8. The summed E-state index contributed by atoms with van der Waals surface area (Å²) in [5, 5.41) is 57.8. The van der Waals surface area contributed by atoms with E-state index in [0.717, 1.165) is 71.6 Å². The van der Waals surface area contributed by atoms with Crippen molar-refractivity contribution in [2.45, 2.75) is 193 Å². The number of aryl methyl sites for hydroxylation is 3. The first kappa shape index (κ1) is 75.1. The summed E-state index contributed by atoms with van der Waals surface area (Å²) >= 11 is 5.10. The lowest BCUT2D eigenvalue weighted by Gasteiger charge is -2.48. The fourth-order valence-electron chi connectivity index (χ4n) is 14.6. The highest BCUT2D eigenvalue weighted by Gasteiger charge is 2.43. The van der Waals surface area contributed by atoms with Gasteiger partial charge in [0.1, 0.15) is 23.1 Å². The molecule has 0 amide bonds. The number of pyridine rings is 1. The number of thiazole rings is 1. The van der Waals surface area contributed by atoms with Crippen molar-refractivity contribution in [2.24, 2.45) is 7.05 Å². The molecule has 3 aliphatic heterocycles. The number of aromatic amines is 1. The lowest BCUT2D eigenvalue weighted by molar-refractivity contribution is -0.274. The Hall–Kier alpha value is -7.61. The third-order valence-electron chi connectivity index (χ3n) is 18.0. The number of benzene rings is 3. The number of ether oxygens (including phenoxy) is 2. The van der Waals surface area contributed by atoms with Gasteiger partial charge in [-0.1, -0.05) is 34.0 Å². The summed E-state index contributed by atoms with van der Waals surface area (Å²) in [5.74, 6) is -2.84. The van der Waals surface area contributed by atoms with Crippen molar-refractivity contribution < 1.29 is 40.9 Å². The van der Waals surface area contributed by atoms with Crippen molar-refractivity contribution in [2.75, 3.05) is 43.0 Å². The summed E-state index contributed by atoms with van der Waals surface area (Å²) in [6, 6.07) is 12.4. The first-order valence-corrected chi connectivity index (χ1v) is 35.9. The van der Waals surface area contributed by atoms with Gasteiger partial charge in [-0.25, -0.2) is 18.2 Å². The normalized spacial score (nSPS) is 17.9. The Bertz CT molecular complexity index is 4420. The van der Waals surface area contributed by atoms with E-state index in [4.69, 9.17) is 4.74 Å². The fraction of sp³-hybridized carbons (Fsp3) is 0.500. The third kappa shape index (κ3) is 17.5. The molecule has 0 saturated carbocycles. The van der Waals surface area contributed by atoms with E-state index in [-0.39, 0.29) is 78.1 Å². The van der Waals surface area contributed by atoms with Crippen LogP contribution in [0.4, 0.5) is 41.7 Å². The smallest absolute Gasteiger partial charge is 0.507 e. The Kier molecular flexibility index (Phi) is 21.3. The van der Waals surface area contributed by atoms with Crippen LogP contribution >= 0.6 is 45.3 Å². The van der Waals surface area contributed by atoms with Crippen molar-refractivity contribution in [3.63, 3.8) is 0 Å². The number of aromatic nitrogens is 10.